The van der Waals surface area contributed by atoms with Gasteiger partial charge >= 0.3 is 5.97 Å². The van der Waals surface area contributed by atoms with Crippen molar-refractivity contribution in [2.75, 3.05) is 6.61 Å². The predicted octanol–water partition coefficient (Wildman–Crippen LogP) is 0.0731. The fourth-order valence-electron chi connectivity index (χ4n) is 1.27. The molecule has 0 unspecified atom stereocenters. The van der Waals surface area contributed by atoms with Gasteiger partial charge in [-0.2, -0.15) is 5.26 Å². The second kappa shape index (κ2) is 1.10. The lowest BCUT2D eigenvalue weighted by Gasteiger charge is -1.94. The van der Waals surface area contributed by atoms with E-state index in [1.807, 2.05) is 6.07 Å². The normalized spacial score (nSPS) is 45.2. The molecule has 2 rings (SSSR count). The first kappa shape index (κ1) is 4.80. The van der Waals surface area contributed by atoms with Crippen LogP contribution < -0.4 is 0 Å². The van der Waals surface area contributed by atoms with Crippen LogP contribution in [0.3, 0.4) is 0 Å². The van der Waals surface area contributed by atoms with Crippen molar-refractivity contribution < 1.29 is 9.53 Å². The Morgan fingerprint density at radius 1 is 1.89 bits per heavy atom. The van der Waals surface area contributed by atoms with E-state index >= 15 is 0 Å². The largest absolute Gasteiger partial charge is 0.464 e. The number of cyclic esters (lactones) is 1. The molecular formula is C6H5NO2. The zero-order chi connectivity index (χ0) is 6.48. The smallest absolute Gasteiger partial charge is 0.326 e. The minimum absolute atomic E-state index is 0.218. The summed E-state index contributed by atoms with van der Waals surface area (Å²) in [5.74, 6) is -0.0926. The van der Waals surface area contributed by atoms with Crippen LogP contribution in [0.15, 0.2) is 0 Å². The van der Waals surface area contributed by atoms with Crippen LogP contribution in [0.5, 0.6) is 0 Å². The number of hydrogen-bond acceptors (Lipinski definition) is 3. The molecule has 2 atom stereocenters. The fourth-order valence-corrected chi connectivity index (χ4v) is 1.27. The van der Waals surface area contributed by atoms with E-state index in [0.717, 1.165) is 6.42 Å². The summed E-state index contributed by atoms with van der Waals surface area (Å²) in [6, 6.07) is 1.99. The molecule has 1 saturated carbocycles. The molecule has 46 valence electrons. The van der Waals surface area contributed by atoms with Crippen molar-refractivity contribution in [3.63, 3.8) is 0 Å². The fraction of sp³-hybridized carbons (Fsp3) is 0.667. The first-order valence-electron chi connectivity index (χ1n) is 2.88. The van der Waals surface area contributed by atoms with E-state index in [-0.39, 0.29) is 11.9 Å². The lowest BCUT2D eigenvalue weighted by Crippen LogP contribution is -2.10. The van der Waals surface area contributed by atoms with Crippen LogP contribution >= 0.6 is 0 Å². The Morgan fingerprint density at radius 3 is 2.89 bits per heavy atom. The summed E-state index contributed by atoms with van der Waals surface area (Å²) in [5, 5.41) is 8.49. The first-order chi connectivity index (χ1) is 4.29. The molecule has 0 radical (unpaired) electrons. The summed E-state index contributed by atoms with van der Waals surface area (Å²) in [6.07, 6.45) is 0.725. The SMILES string of the molecule is N#C[C@]12C[C@H]1COC2=O. The Labute approximate surface area is 52.2 Å². The van der Waals surface area contributed by atoms with Crippen molar-refractivity contribution in [3.05, 3.63) is 0 Å². The number of carbonyl (C=O) groups excluding carboxylic acids is 1. The van der Waals surface area contributed by atoms with Gasteiger partial charge in [-0.25, -0.2) is 0 Å². The van der Waals surface area contributed by atoms with Crippen LogP contribution in [0.1, 0.15) is 6.42 Å². The molecular weight excluding hydrogens is 118 g/mol. The molecule has 1 aliphatic heterocycles. The van der Waals surface area contributed by atoms with Gasteiger partial charge in [0.1, 0.15) is 0 Å². The van der Waals surface area contributed by atoms with Gasteiger partial charge in [-0.1, -0.05) is 0 Å². The molecule has 9 heavy (non-hydrogen) atoms. The van der Waals surface area contributed by atoms with E-state index in [1.54, 1.807) is 0 Å². The lowest BCUT2D eigenvalue weighted by molar-refractivity contribution is -0.143. The summed E-state index contributed by atoms with van der Waals surface area (Å²) in [6.45, 7) is 0.465. The van der Waals surface area contributed by atoms with E-state index in [2.05, 4.69) is 4.74 Å². The molecule has 2 fully saturated rings. The highest BCUT2D eigenvalue weighted by Crippen LogP contribution is 2.56. The first-order valence-corrected chi connectivity index (χ1v) is 2.88. The average Bonchev–Trinajstić information content (AvgIpc) is 2.52. The Morgan fingerprint density at radius 2 is 2.67 bits per heavy atom. The van der Waals surface area contributed by atoms with E-state index < -0.39 is 5.41 Å². The molecule has 0 N–H and O–H groups in total. The third kappa shape index (κ3) is 0.355. The van der Waals surface area contributed by atoms with Gasteiger partial charge in [-0.3, -0.25) is 4.79 Å². The topological polar surface area (TPSA) is 50.1 Å². The maximum Gasteiger partial charge on any atom is 0.326 e. The van der Waals surface area contributed by atoms with Crippen molar-refractivity contribution in [1.82, 2.24) is 0 Å². The number of ether oxygens (including phenoxy) is 1. The molecule has 0 aromatic rings. The monoisotopic (exact) mass is 123 g/mol. The number of nitriles is 1. The molecule has 1 aliphatic carbocycles. The Kier molecular flexibility index (Phi) is 0.590. The molecule has 3 heteroatoms. The van der Waals surface area contributed by atoms with E-state index in [0.29, 0.717) is 6.61 Å². The van der Waals surface area contributed by atoms with Crippen LogP contribution in [0.25, 0.3) is 0 Å². The van der Waals surface area contributed by atoms with Crippen LogP contribution in [0, 0.1) is 22.7 Å². The van der Waals surface area contributed by atoms with E-state index in [1.165, 1.54) is 0 Å². The Balaban J connectivity index is 2.36. The third-order valence-electron chi connectivity index (χ3n) is 2.08. The molecule has 2 aliphatic rings. The average molecular weight is 123 g/mol. The minimum Gasteiger partial charge on any atom is -0.464 e. The number of rotatable bonds is 0. The number of esters is 1. The molecule has 0 spiro atoms. The van der Waals surface area contributed by atoms with Gasteiger partial charge in [0.05, 0.1) is 12.7 Å². The van der Waals surface area contributed by atoms with Crippen molar-refractivity contribution in [1.29, 1.82) is 5.26 Å². The highest BCUT2D eigenvalue weighted by atomic mass is 16.5. The summed E-state index contributed by atoms with van der Waals surface area (Å²) >= 11 is 0. The zero-order valence-corrected chi connectivity index (χ0v) is 4.76. The third-order valence-corrected chi connectivity index (χ3v) is 2.08. The number of nitrogens with zero attached hydrogens (tertiary/aromatic N) is 1. The van der Waals surface area contributed by atoms with Gasteiger partial charge in [0.15, 0.2) is 5.41 Å². The van der Waals surface area contributed by atoms with Crippen molar-refractivity contribution in [2.45, 2.75) is 6.42 Å². The van der Waals surface area contributed by atoms with E-state index in [9.17, 15) is 4.79 Å². The summed E-state index contributed by atoms with van der Waals surface area (Å²) in [7, 11) is 0. The molecule has 0 aromatic heterocycles. The van der Waals surface area contributed by atoms with Crippen LogP contribution in [0.4, 0.5) is 0 Å². The maximum absolute atomic E-state index is 10.7. The summed E-state index contributed by atoms with van der Waals surface area (Å²) < 4.78 is 4.65. The quantitative estimate of drug-likeness (QED) is 0.428. The van der Waals surface area contributed by atoms with Crippen LogP contribution in [0.2, 0.25) is 0 Å². The summed E-state index contributed by atoms with van der Waals surface area (Å²) in [4.78, 5) is 10.7. The molecule has 0 aromatic carbocycles. The van der Waals surface area contributed by atoms with Crippen molar-refractivity contribution >= 4 is 5.97 Å². The van der Waals surface area contributed by atoms with Crippen LogP contribution in [-0.4, -0.2) is 12.6 Å². The molecule has 1 heterocycles. The van der Waals surface area contributed by atoms with Gasteiger partial charge in [-0.15, -0.1) is 0 Å². The molecule has 0 bridgehead atoms. The van der Waals surface area contributed by atoms with Gasteiger partial charge in [0.2, 0.25) is 0 Å². The molecule has 0 amide bonds. The van der Waals surface area contributed by atoms with Gasteiger partial charge in [0, 0.05) is 5.92 Å². The number of carbonyl (C=O) groups is 1. The maximum atomic E-state index is 10.7. The number of hydrogen-bond donors (Lipinski definition) is 0. The Hall–Kier alpha value is -1.04. The lowest BCUT2D eigenvalue weighted by atomic mass is 10.1. The Bertz CT molecular complexity index is 218. The van der Waals surface area contributed by atoms with Crippen molar-refractivity contribution in [2.24, 2.45) is 11.3 Å². The van der Waals surface area contributed by atoms with Crippen LogP contribution in [-0.2, 0) is 9.53 Å². The van der Waals surface area contributed by atoms with Gasteiger partial charge in [-0.05, 0) is 6.42 Å². The molecule has 1 saturated heterocycles. The van der Waals surface area contributed by atoms with Gasteiger partial charge < -0.3 is 4.74 Å². The zero-order valence-electron chi connectivity index (χ0n) is 4.76. The predicted molar refractivity (Wildman–Crippen MR) is 27.1 cm³/mol. The van der Waals surface area contributed by atoms with E-state index in [4.69, 9.17) is 5.26 Å². The molecule has 3 nitrogen and oxygen atoms in total. The highest BCUT2D eigenvalue weighted by molar-refractivity contribution is 5.86. The van der Waals surface area contributed by atoms with Crippen molar-refractivity contribution in [3.8, 4) is 6.07 Å². The summed E-state index contributed by atoms with van der Waals surface area (Å²) in [5.41, 5.74) is -0.694. The minimum atomic E-state index is -0.694. The second-order valence-electron chi connectivity index (χ2n) is 2.58. The number of fused-ring (bicyclic) bond motifs is 1. The second-order valence-corrected chi connectivity index (χ2v) is 2.58. The highest BCUT2D eigenvalue weighted by Gasteiger charge is 2.67. The van der Waals surface area contributed by atoms with Gasteiger partial charge in [0.25, 0.3) is 0 Å². The standard InChI is InChI=1S/C6H5NO2/c7-3-6-1-4(6)2-9-5(6)8/h4H,1-2H2/t4-,6+/m0/s1.